The zero-order valence-electron chi connectivity index (χ0n) is 15.9. The molecule has 0 radical (unpaired) electrons. The largest absolute Gasteiger partial charge is 0.507 e. The van der Waals surface area contributed by atoms with Crippen LogP contribution in [0.5, 0.6) is 5.75 Å². The van der Waals surface area contributed by atoms with E-state index >= 15 is 0 Å². The van der Waals surface area contributed by atoms with Crippen molar-refractivity contribution in [2.45, 2.75) is 0 Å². The van der Waals surface area contributed by atoms with Gasteiger partial charge in [-0.1, -0.05) is 0 Å². The number of carbonyl (C=O) groups is 1. The highest BCUT2D eigenvalue weighted by Crippen LogP contribution is 2.30. The van der Waals surface area contributed by atoms with Crippen molar-refractivity contribution >= 4 is 22.6 Å². The quantitative estimate of drug-likeness (QED) is 0.550. The molecule has 7 nitrogen and oxygen atoms in total. The van der Waals surface area contributed by atoms with E-state index in [0.717, 1.165) is 23.4 Å². The fraction of sp³-hybridized carbons (Fsp3) is 0.136. The molecule has 1 aliphatic heterocycles. The molecular weight excluding hydrogens is 385 g/mol. The van der Waals surface area contributed by atoms with E-state index in [1.807, 2.05) is 41.1 Å². The average molecular weight is 403 g/mol. The molecule has 0 saturated carbocycles. The number of carbonyl (C=O) groups excluding carboxylic acids is 1. The standard InChI is InChI=1S/C22H18FN5O2/c23-14-1-6-21(29)17(11-14)19-12-20-18(25-26-19)7-9-27(20)15-2-4-16(5-3-15)28-10-8-24-13-22(28)30/h1-7,9,11-12,24,29H,8,10,13H2. The van der Waals surface area contributed by atoms with Gasteiger partial charge < -0.3 is 19.9 Å². The van der Waals surface area contributed by atoms with E-state index in [0.29, 0.717) is 24.3 Å². The van der Waals surface area contributed by atoms with Gasteiger partial charge in [-0.25, -0.2) is 4.39 Å². The second-order valence-electron chi connectivity index (χ2n) is 7.09. The number of hydrogen-bond donors (Lipinski definition) is 2. The summed E-state index contributed by atoms with van der Waals surface area (Å²) in [5.41, 5.74) is 3.85. The van der Waals surface area contributed by atoms with Crippen molar-refractivity contribution in [3.63, 3.8) is 0 Å². The zero-order valence-corrected chi connectivity index (χ0v) is 15.9. The van der Waals surface area contributed by atoms with Gasteiger partial charge in [-0.2, -0.15) is 0 Å². The summed E-state index contributed by atoms with van der Waals surface area (Å²) in [5, 5.41) is 21.5. The lowest BCUT2D eigenvalue weighted by Gasteiger charge is -2.27. The molecule has 2 aromatic heterocycles. The van der Waals surface area contributed by atoms with Crippen LogP contribution in [0, 0.1) is 5.82 Å². The number of halogens is 1. The minimum atomic E-state index is -0.460. The first kappa shape index (κ1) is 18.3. The number of nitrogens with zero attached hydrogens (tertiary/aromatic N) is 4. The van der Waals surface area contributed by atoms with Crippen LogP contribution < -0.4 is 10.2 Å². The van der Waals surface area contributed by atoms with Crippen LogP contribution in [-0.2, 0) is 4.79 Å². The first-order valence-electron chi connectivity index (χ1n) is 9.55. The highest BCUT2D eigenvalue weighted by molar-refractivity contribution is 5.95. The maximum absolute atomic E-state index is 13.7. The Morgan fingerprint density at radius 2 is 1.80 bits per heavy atom. The van der Waals surface area contributed by atoms with Gasteiger partial charge in [0.1, 0.15) is 17.1 Å². The monoisotopic (exact) mass is 403 g/mol. The number of piperazine rings is 1. The number of rotatable bonds is 3. The van der Waals surface area contributed by atoms with E-state index in [1.165, 1.54) is 18.2 Å². The lowest BCUT2D eigenvalue weighted by atomic mass is 10.1. The lowest BCUT2D eigenvalue weighted by Crippen LogP contribution is -2.48. The highest BCUT2D eigenvalue weighted by Gasteiger charge is 2.19. The molecule has 2 N–H and O–H groups in total. The summed E-state index contributed by atoms with van der Waals surface area (Å²) in [6, 6.07) is 15.0. The third kappa shape index (κ3) is 3.17. The van der Waals surface area contributed by atoms with Crippen LogP contribution in [0.4, 0.5) is 10.1 Å². The van der Waals surface area contributed by atoms with Gasteiger partial charge in [-0.05, 0) is 54.6 Å². The predicted octanol–water partition coefficient (Wildman–Crippen LogP) is 2.87. The second kappa shape index (κ2) is 7.23. The molecule has 0 bridgehead atoms. The van der Waals surface area contributed by atoms with Gasteiger partial charge in [0.05, 0.1) is 17.8 Å². The molecule has 1 aliphatic rings. The molecule has 0 atom stereocenters. The first-order valence-corrected chi connectivity index (χ1v) is 9.55. The summed E-state index contributed by atoms with van der Waals surface area (Å²) in [5.74, 6) is -0.471. The fourth-order valence-electron chi connectivity index (χ4n) is 3.67. The van der Waals surface area contributed by atoms with Crippen LogP contribution in [0.2, 0.25) is 0 Å². The highest BCUT2D eigenvalue weighted by atomic mass is 19.1. The van der Waals surface area contributed by atoms with E-state index in [9.17, 15) is 14.3 Å². The zero-order chi connectivity index (χ0) is 20.7. The first-order chi connectivity index (χ1) is 14.6. The number of amides is 1. The maximum Gasteiger partial charge on any atom is 0.240 e. The van der Waals surface area contributed by atoms with Crippen molar-refractivity contribution in [3.05, 3.63) is 66.6 Å². The number of anilines is 1. The molecule has 3 heterocycles. The number of benzene rings is 2. The normalized spacial score (nSPS) is 14.4. The third-order valence-electron chi connectivity index (χ3n) is 5.21. The van der Waals surface area contributed by atoms with E-state index in [4.69, 9.17) is 0 Å². The van der Waals surface area contributed by atoms with Gasteiger partial charge in [-0.15, -0.1) is 10.2 Å². The molecular formula is C22H18FN5O2. The average Bonchev–Trinajstić information content (AvgIpc) is 3.19. The molecule has 1 saturated heterocycles. The summed E-state index contributed by atoms with van der Waals surface area (Å²) in [6.45, 7) is 1.75. The van der Waals surface area contributed by atoms with Crippen molar-refractivity contribution in [1.82, 2.24) is 20.1 Å². The summed E-state index contributed by atoms with van der Waals surface area (Å²) in [7, 11) is 0. The van der Waals surface area contributed by atoms with Crippen molar-refractivity contribution in [3.8, 4) is 22.7 Å². The number of nitrogens with one attached hydrogen (secondary N) is 1. The van der Waals surface area contributed by atoms with Gasteiger partial charge in [0, 0.05) is 36.2 Å². The van der Waals surface area contributed by atoms with E-state index in [-0.39, 0.29) is 17.2 Å². The van der Waals surface area contributed by atoms with E-state index < -0.39 is 5.82 Å². The number of aromatic hydroxyl groups is 1. The number of aromatic nitrogens is 3. The molecule has 4 aromatic rings. The smallest absolute Gasteiger partial charge is 0.240 e. The Balaban J connectivity index is 1.53. The topological polar surface area (TPSA) is 83.3 Å². The summed E-state index contributed by atoms with van der Waals surface area (Å²) in [4.78, 5) is 13.9. The number of fused-ring (bicyclic) bond motifs is 1. The van der Waals surface area contributed by atoms with Gasteiger partial charge in [0.25, 0.3) is 0 Å². The molecule has 2 aromatic carbocycles. The van der Waals surface area contributed by atoms with Gasteiger partial charge in [0.2, 0.25) is 5.91 Å². The molecule has 8 heteroatoms. The van der Waals surface area contributed by atoms with Crippen molar-refractivity contribution in [2.75, 3.05) is 24.5 Å². The molecule has 1 fully saturated rings. The van der Waals surface area contributed by atoms with Gasteiger partial charge >= 0.3 is 0 Å². The minimum Gasteiger partial charge on any atom is -0.507 e. The van der Waals surface area contributed by atoms with Gasteiger partial charge in [-0.3, -0.25) is 4.79 Å². The van der Waals surface area contributed by atoms with E-state index in [2.05, 4.69) is 15.5 Å². The molecule has 150 valence electrons. The predicted molar refractivity (Wildman–Crippen MR) is 111 cm³/mol. The SMILES string of the molecule is O=C1CNCCN1c1ccc(-n2ccc3nnc(-c4cc(F)ccc4O)cc32)cc1. The fourth-order valence-corrected chi connectivity index (χ4v) is 3.67. The number of phenolic OH excluding ortho intramolecular Hbond substituents is 1. The Kier molecular flexibility index (Phi) is 4.40. The Bertz CT molecular complexity index is 1250. The van der Waals surface area contributed by atoms with Crippen LogP contribution in [0.25, 0.3) is 28.0 Å². The Hall–Kier alpha value is -3.78. The van der Waals surface area contributed by atoms with Crippen LogP contribution in [0.15, 0.2) is 60.8 Å². The molecule has 0 aliphatic carbocycles. The summed E-state index contributed by atoms with van der Waals surface area (Å²) in [6.07, 6.45) is 1.87. The summed E-state index contributed by atoms with van der Waals surface area (Å²) < 4.78 is 15.6. The van der Waals surface area contributed by atoms with Gasteiger partial charge in [0.15, 0.2) is 0 Å². The molecule has 5 rings (SSSR count). The minimum absolute atomic E-state index is 0.0511. The maximum atomic E-state index is 13.7. The Morgan fingerprint density at radius 1 is 1.00 bits per heavy atom. The number of phenols is 1. The Morgan fingerprint density at radius 3 is 2.60 bits per heavy atom. The van der Waals surface area contributed by atoms with Crippen LogP contribution >= 0.6 is 0 Å². The summed E-state index contributed by atoms with van der Waals surface area (Å²) >= 11 is 0. The van der Waals surface area contributed by atoms with E-state index in [1.54, 1.807) is 11.0 Å². The molecule has 0 spiro atoms. The third-order valence-corrected chi connectivity index (χ3v) is 5.21. The van der Waals surface area contributed by atoms with Crippen molar-refractivity contribution in [2.24, 2.45) is 0 Å². The van der Waals surface area contributed by atoms with Crippen LogP contribution in [-0.4, -0.2) is 45.4 Å². The van der Waals surface area contributed by atoms with Crippen molar-refractivity contribution in [1.29, 1.82) is 0 Å². The molecule has 30 heavy (non-hydrogen) atoms. The molecule has 1 amide bonds. The van der Waals surface area contributed by atoms with Crippen LogP contribution in [0.3, 0.4) is 0 Å². The number of hydrogen-bond acceptors (Lipinski definition) is 5. The molecule has 0 unspecified atom stereocenters. The lowest BCUT2D eigenvalue weighted by molar-refractivity contribution is -0.118. The van der Waals surface area contributed by atoms with Crippen molar-refractivity contribution < 1.29 is 14.3 Å². The Labute approximate surface area is 171 Å². The second-order valence-corrected chi connectivity index (χ2v) is 7.09. The van der Waals surface area contributed by atoms with Crippen LogP contribution in [0.1, 0.15) is 0 Å².